The van der Waals surface area contributed by atoms with Crippen LogP contribution in [0.15, 0.2) is 5.16 Å². The van der Waals surface area contributed by atoms with Gasteiger partial charge in [0.1, 0.15) is 10.5 Å². The van der Waals surface area contributed by atoms with Gasteiger partial charge in [-0.3, -0.25) is 0 Å². The van der Waals surface area contributed by atoms with Gasteiger partial charge in [0.15, 0.2) is 15.9 Å². The molecular formula is C17H29N5S2. The third-order valence-electron chi connectivity index (χ3n) is 3.85. The van der Waals surface area contributed by atoms with Crippen molar-refractivity contribution in [3.63, 3.8) is 0 Å². The van der Waals surface area contributed by atoms with Crippen LogP contribution in [0.3, 0.4) is 0 Å². The summed E-state index contributed by atoms with van der Waals surface area (Å²) in [7, 11) is 0. The zero-order chi connectivity index (χ0) is 17.4. The highest BCUT2D eigenvalue weighted by Gasteiger charge is 2.13. The van der Waals surface area contributed by atoms with Crippen LogP contribution >= 0.6 is 23.1 Å². The molecule has 0 amide bonds. The van der Waals surface area contributed by atoms with E-state index in [0.717, 1.165) is 27.2 Å². The lowest BCUT2D eigenvalue weighted by molar-refractivity contribution is 0.615. The van der Waals surface area contributed by atoms with E-state index in [1.807, 2.05) is 0 Å². The predicted molar refractivity (Wildman–Crippen MR) is 107 cm³/mol. The number of hydrogen-bond donors (Lipinski definition) is 2. The van der Waals surface area contributed by atoms with Gasteiger partial charge in [0, 0.05) is 11.8 Å². The highest BCUT2D eigenvalue weighted by molar-refractivity contribution is 7.99. The summed E-state index contributed by atoms with van der Waals surface area (Å²) in [4.78, 5) is 13.6. The molecule has 3 N–H and O–H groups in total. The van der Waals surface area contributed by atoms with E-state index in [9.17, 15) is 0 Å². The summed E-state index contributed by atoms with van der Waals surface area (Å²) in [5.41, 5.74) is 6.82. The minimum absolute atomic E-state index is 0.411. The fourth-order valence-corrected chi connectivity index (χ4v) is 4.21. The van der Waals surface area contributed by atoms with Crippen molar-refractivity contribution in [2.24, 2.45) is 0 Å². The summed E-state index contributed by atoms with van der Waals surface area (Å²) in [6.07, 6.45) is 8.58. The van der Waals surface area contributed by atoms with Crippen LogP contribution in [-0.4, -0.2) is 26.7 Å². The van der Waals surface area contributed by atoms with Crippen molar-refractivity contribution >= 4 is 44.4 Å². The van der Waals surface area contributed by atoms with Gasteiger partial charge in [0.2, 0.25) is 0 Å². The molecule has 5 nitrogen and oxygen atoms in total. The monoisotopic (exact) mass is 367 g/mol. The lowest BCUT2D eigenvalue weighted by Gasteiger charge is -2.11. The molecule has 2 aromatic rings. The number of nitrogens with two attached hydrogens (primary N) is 1. The number of rotatable bonds is 11. The maximum atomic E-state index is 6.11. The van der Waals surface area contributed by atoms with Gasteiger partial charge in [-0.15, -0.1) is 0 Å². The first-order valence-corrected chi connectivity index (χ1v) is 10.8. The van der Waals surface area contributed by atoms with E-state index in [1.165, 1.54) is 38.5 Å². The Bertz CT molecular complexity index is 629. The molecule has 0 radical (unpaired) electrons. The molecule has 0 aliphatic carbocycles. The summed E-state index contributed by atoms with van der Waals surface area (Å²) < 4.78 is 0.885. The smallest absolute Gasteiger partial charge is 0.191 e. The van der Waals surface area contributed by atoms with Crippen LogP contribution in [-0.2, 0) is 0 Å². The Kier molecular flexibility index (Phi) is 8.05. The number of aromatic nitrogens is 3. The molecule has 1 atom stereocenters. The fourth-order valence-electron chi connectivity index (χ4n) is 2.45. The summed E-state index contributed by atoms with van der Waals surface area (Å²) >= 11 is 3.22. The minimum Gasteiger partial charge on any atom is -0.382 e. The number of nitrogens with one attached hydrogen (secondary N) is 1. The van der Waals surface area contributed by atoms with Crippen molar-refractivity contribution in [3.8, 4) is 0 Å². The Morgan fingerprint density at radius 2 is 1.83 bits per heavy atom. The van der Waals surface area contributed by atoms with Gasteiger partial charge in [-0.1, -0.05) is 69.1 Å². The number of nitrogen functional groups attached to an aromatic ring is 1. The Morgan fingerprint density at radius 3 is 2.58 bits per heavy atom. The van der Waals surface area contributed by atoms with E-state index in [-0.39, 0.29) is 0 Å². The average Bonchev–Trinajstić information content (AvgIpc) is 2.95. The van der Waals surface area contributed by atoms with Crippen LogP contribution in [0.1, 0.15) is 65.7 Å². The van der Waals surface area contributed by atoms with E-state index in [2.05, 4.69) is 41.0 Å². The van der Waals surface area contributed by atoms with E-state index in [1.54, 1.807) is 23.1 Å². The molecule has 0 bridgehead atoms. The summed E-state index contributed by atoms with van der Waals surface area (Å²) in [6.45, 7) is 6.63. The molecule has 0 saturated heterocycles. The van der Waals surface area contributed by atoms with Crippen LogP contribution in [0.25, 0.3) is 10.3 Å². The number of fused-ring (bicyclic) bond motifs is 1. The van der Waals surface area contributed by atoms with Crippen molar-refractivity contribution in [2.45, 2.75) is 76.9 Å². The second-order valence-corrected chi connectivity index (χ2v) is 8.22. The van der Waals surface area contributed by atoms with Crippen molar-refractivity contribution in [1.82, 2.24) is 15.0 Å². The van der Waals surface area contributed by atoms with Crippen LogP contribution in [0.4, 0.5) is 10.9 Å². The molecule has 0 fully saturated rings. The zero-order valence-corrected chi connectivity index (χ0v) is 16.6. The molecule has 0 aliphatic heterocycles. The Balaban J connectivity index is 2.00. The normalized spacial score (nSPS) is 12.6. The Hall–Kier alpha value is -1.08. The zero-order valence-electron chi connectivity index (χ0n) is 15.0. The van der Waals surface area contributed by atoms with E-state index < -0.39 is 0 Å². The highest BCUT2D eigenvalue weighted by atomic mass is 32.2. The van der Waals surface area contributed by atoms with Gasteiger partial charge in [-0.2, -0.15) is 4.98 Å². The standard InChI is InChI=1S/C17H29N5S2/c1-4-6-8-10-12(3)19-17-22-15-13(24-17)14(18)20-16(21-15)23-11-9-7-5-2/h12H,4-11H2,1-3H3,(H3,18,19,20,21,22). The highest BCUT2D eigenvalue weighted by Crippen LogP contribution is 2.31. The van der Waals surface area contributed by atoms with Crippen LogP contribution in [0, 0.1) is 0 Å². The van der Waals surface area contributed by atoms with Crippen LogP contribution < -0.4 is 11.1 Å². The van der Waals surface area contributed by atoms with Crippen molar-refractivity contribution < 1.29 is 0 Å². The van der Waals surface area contributed by atoms with E-state index >= 15 is 0 Å². The number of thioether (sulfide) groups is 1. The minimum atomic E-state index is 0.411. The Morgan fingerprint density at radius 1 is 1.08 bits per heavy atom. The molecule has 134 valence electrons. The number of anilines is 2. The third kappa shape index (κ3) is 5.77. The maximum absolute atomic E-state index is 6.11. The van der Waals surface area contributed by atoms with Gasteiger partial charge in [-0.25, -0.2) is 9.97 Å². The second-order valence-electron chi connectivity index (χ2n) is 6.16. The maximum Gasteiger partial charge on any atom is 0.191 e. The molecule has 0 saturated carbocycles. The van der Waals surface area contributed by atoms with E-state index in [4.69, 9.17) is 5.73 Å². The van der Waals surface area contributed by atoms with Gasteiger partial charge < -0.3 is 11.1 Å². The predicted octanol–water partition coefficient (Wildman–Crippen LogP) is 5.33. The SMILES string of the molecule is CCCCCSc1nc(N)c2sc(NC(C)CCCCC)nc2n1. The molecule has 2 aromatic heterocycles. The summed E-state index contributed by atoms with van der Waals surface area (Å²) in [5, 5.41) is 5.11. The van der Waals surface area contributed by atoms with Gasteiger partial charge in [0.25, 0.3) is 0 Å². The summed E-state index contributed by atoms with van der Waals surface area (Å²) in [5.74, 6) is 1.57. The lowest BCUT2D eigenvalue weighted by atomic mass is 10.1. The molecule has 0 spiro atoms. The van der Waals surface area contributed by atoms with Crippen molar-refractivity contribution in [2.75, 3.05) is 16.8 Å². The first-order valence-electron chi connectivity index (χ1n) is 8.97. The molecule has 0 aromatic carbocycles. The molecule has 0 aliphatic rings. The lowest BCUT2D eigenvalue weighted by Crippen LogP contribution is -2.14. The molecule has 24 heavy (non-hydrogen) atoms. The largest absolute Gasteiger partial charge is 0.382 e. The fraction of sp³-hybridized carbons (Fsp3) is 0.706. The Labute approximate surface area is 153 Å². The summed E-state index contributed by atoms with van der Waals surface area (Å²) in [6, 6.07) is 0.411. The number of thiazole rings is 1. The first-order chi connectivity index (χ1) is 11.6. The number of hydrogen-bond acceptors (Lipinski definition) is 7. The van der Waals surface area contributed by atoms with Crippen LogP contribution in [0.2, 0.25) is 0 Å². The van der Waals surface area contributed by atoms with Crippen LogP contribution in [0.5, 0.6) is 0 Å². The van der Waals surface area contributed by atoms with Gasteiger partial charge >= 0.3 is 0 Å². The van der Waals surface area contributed by atoms with Crippen molar-refractivity contribution in [3.05, 3.63) is 0 Å². The quantitative estimate of drug-likeness (QED) is 0.317. The third-order valence-corrected chi connectivity index (χ3v) is 5.78. The topological polar surface area (TPSA) is 76.7 Å². The molecular weight excluding hydrogens is 338 g/mol. The van der Waals surface area contributed by atoms with E-state index in [0.29, 0.717) is 17.5 Å². The molecule has 7 heteroatoms. The molecule has 2 rings (SSSR count). The first kappa shape index (κ1) is 19.2. The average molecular weight is 368 g/mol. The number of nitrogens with zero attached hydrogens (tertiary/aromatic N) is 3. The van der Waals surface area contributed by atoms with Crippen molar-refractivity contribution in [1.29, 1.82) is 0 Å². The number of unbranched alkanes of at least 4 members (excludes halogenated alkanes) is 4. The molecule has 2 heterocycles. The van der Waals surface area contributed by atoms with Gasteiger partial charge in [-0.05, 0) is 19.8 Å². The van der Waals surface area contributed by atoms with Gasteiger partial charge in [0.05, 0.1) is 0 Å². The molecule has 1 unspecified atom stereocenters. The second kappa shape index (κ2) is 10.0.